The van der Waals surface area contributed by atoms with Gasteiger partial charge in [0, 0.05) is 0 Å². The number of rotatable bonds is 3. The van der Waals surface area contributed by atoms with Gasteiger partial charge in [-0.15, -0.1) is 0 Å². The topological polar surface area (TPSA) is 74.7 Å². The van der Waals surface area contributed by atoms with E-state index in [9.17, 15) is 19.5 Å². The molecule has 0 saturated carbocycles. The average molecular weight is 533 g/mol. The van der Waals surface area contributed by atoms with Gasteiger partial charge < -0.3 is 5.11 Å². The molecule has 1 fully saturated rings. The highest BCUT2D eigenvalue weighted by Gasteiger charge is 2.73. The second kappa shape index (κ2) is 6.26. The highest BCUT2D eigenvalue weighted by Crippen LogP contribution is 2.70. The Hall–Kier alpha value is -1.99. The summed E-state index contributed by atoms with van der Waals surface area (Å²) in [5, 5.41) is 9.83. The van der Waals surface area contributed by atoms with Crippen LogP contribution in [0.1, 0.15) is 36.1 Å². The molecule has 154 valence electrons. The van der Waals surface area contributed by atoms with Crippen LogP contribution in [0.3, 0.4) is 0 Å². The number of alkyl halides is 2. The number of aliphatic carboxylic acids is 1. The third-order valence-corrected chi connectivity index (χ3v) is 9.48. The maximum atomic E-state index is 13.7. The van der Waals surface area contributed by atoms with Crippen LogP contribution in [0, 0.1) is 17.8 Å². The molecule has 0 aromatic heterocycles. The number of nitrogens with zero attached hydrogens (tertiary/aromatic N) is 1. The third-order valence-electron chi connectivity index (χ3n) is 6.78. The number of carboxylic acids is 1. The predicted molar refractivity (Wildman–Crippen MR) is 117 cm³/mol. The second-order valence-electron chi connectivity index (χ2n) is 8.54. The first-order valence-electron chi connectivity index (χ1n) is 9.84. The van der Waals surface area contributed by atoms with Crippen LogP contribution < -0.4 is 0 Å². The first kappa shape index (κ1) is 19.9. The number of hydrogen-bond acceptors (Lipinski definition) is 3. The minimum absolute atomic E-state index is 0.407. The van der Waals surface area contributed by atoms with E-state index in [1.54, 1.807) is 13.8 Å². The van der Waals surface area contributed by atoms with Gasteiger partial charge in [-0.25, -0.2) is 4.79 Å². The number of carboxylic acid groups (broad SMARTS) is 1. The van der Waals surface area contributed by atoms with E-state index in [1.165, 1.54) is 0 Å². The Labute approximate surface area is 190 Å². The van der Waals surface area contributed by atoms with Crippen molar-refractivity contribution >= 4 is 49.6 Å². The van der Waals surface area contributed by atoms with Crippen molar-refractivity contribution in [2.75, 3.05) is 0 Å². The summed E-state index contributed by atoms with van der Waals surface area (Å²) in [5.41, 5.74) is 3.73. The molecule has 3 aliphatic carbocycles. The molecule has 1 aliphatic heterocycles. The van der Waals surface area contributed by atoms with Crippen LogP contribution in [-0.2, 0) is 23.0 Å². The number of hydrogen-bond donors (Lipinski definition) is 1. The third kappa shape index (κ3) is 2.10. The normalized spacial score (nSPS) is 32.1. The summed E-state index contributed by atoms with van der Waals surface area (Å²) < 4.78 is -1.80. The van der Waals surface area contributed by atoms with E-state index < -0.39 is 50.2 Å². The molecule has 30 heavy (non-hydrogen) atoms. The zero-order chi connectivity index (χ0) is 21.6. The lowest BCUT2D eigenvalue weighted by Crippen LogP contribution is -2.56. The van der Waals surface area contributed by atoms with Crippen molar-refractivity contribution < 1.29 is 19.5 Å². The van der Waals surface area contributed by atoms with Crippen molar-refractivity contribution in [2.24, 2.45) is 17.8 Å². The SMILES string of the molecule is CC(C)[C@@H](C(=O)O)N1C(=O)[C@@H]2[C@@H](C1=O)C1(Br)c3ccccc3C2(Br)c2ccccc21. The first-order valence-corrected chi connectivity index (χ1v) is 11.4. The fraction of sp³-hybridized carbons (Fsp3) is 0.348. The highest BCUT2D eigenvalue weighted by atomic mass is 79.9. The van der Waals surface area contributed by atoms with Crippen molar-refractivity contribution in [1.82, 2.24) is 4.90 Å². The Balaban J connectivity index is 1.82. The molecule has 2 aromatic carbocycles. The summed E-state index contributed by atoms with van der Waals surface area (Å²) in [6, 6.07) is 14.4. The van der Waals surface area contributed by atoms with Crippen LogP contribution >= 0.6 is 31.9 Å². The van der Waals surface area contributed by atoms with Gasteiger partial charge in [0.15, 0.2) is 0 Å². The van der Waals surface area contributed by atoms with Crippen LogP contribution in [0.25, 0.3) is 0 Å². The number of amides is 2. The number of benzene rings is 2. The predicted octanol–water partition coefficient (Wildman–Crippen LogP) is 4.00. The average Bonchev–Trinajstić information content (AvgIpc) is 2.98. The quantitative estimate of drug-likeness (QED) is 0.479. The highest BCUT2D eigenvalue weighted by molar-refractivity contribution is 9.10. The summed E-state index contributed by atoms with van der Waals surface area (Å²) in [6.07, 6.45) is 0. The van der Waals surface area contributed by atoms with Crippen LogP contribution in [-0.4, -0.2) is 33.8 Å². The van der Waals surface area contributed by atoms with Crippen molar-refractivity contribution in [1.29, 1.82) is 0 Å². The maximum Gasteiger partial charge on any atom is 0.327 e. The van der Waals surface area contributed by atoms with Gasteiger partial charge in [-0.1, -0.05) is 94.2 Å². The number of halogens is 2. The van der Waals surface area contributed by atoms with Gasteiger partial charge in [-0.3, -0.25) is 14.5 Å². The van der Waals surface area contributed by atoms with E-state index in [0.717, 1.165) is 27.2 Å². The van der Waals surface area contributed by atoms with Gasteiger partial charge in [0.1, 0.15) is 6.04 Å². The van der Waals surface area contributed by atoms with E-state index in [-0.39, 0.29) is 0 Å². The van der Waals surface area contributed by atoms with Crippen molar-refractivity contribution in [3.63, 3.8) is 0 Å². The summed E-state index contributed by atoms with van der Waals surface area (Å²) in [4.78, 5) is 40.5. The molecule has 0 spiro atoms. The molecule has 3 atom stereocenters. The fourth-order valence-electron chi connectivity index (χ4n) is 5.66. The molecule has 0 radical (unpaired) electrons. The van der Waals surface area contributed by atoms with Gasteiger partial charge in [-0.2, -0.15) is 0 Å². The van der Waals surface area contributed by atoms with Crippen LogP contribution in [0.15, 0.2) is 48.5 Å². The zero-order valence-electron chi connectivity index (χ0n) is 16.3. The van der Waals surface area contributed by atoms with Crippen molar-refractivity contribution in [3.8, 4) is 0 Å². The van der Waals surface area contributed by atoms with Gasteiger partial charge in [-0.05, 0) is 28.2 Å². The molecule has 1 heterocycles. The Bertz CT molecular complexity index is 1010. The van der Waals surface area contributed by atoms with Crippen molar-refractivity contribution in [3.05, 3.63) is 70.8 Å². The Morgan fingerprint density at radius 2 is 1.20 bits per heavy atom. The van der Waals surface area contributed by atoms with E-state index in [4.69, 9.17) is 0 Å². The minimum Gasteiger partial charge on any atom is -0.480 e. The zero-order valence-corrected chi connectivity index (χ0v) is 19.5. The Morgan fingerprint density at radius 1 is 0.867 bits per heavy atom. The lowest BCUT2D eigenvalue weighted by atomic mass is 9.54. The molecular weight excluding hydrogens is 514 g/mol. The largest absolute Gasteiger partial charge is 0.480 e. The lowest BCUT2D eigenvalue weighted by molar-refractivity contribution is -0.157. The van der Waals surface area contributed by atoms with Crippen LogP contribution in [0.5, 0.6) is 0 Å². The lowest BCUT2D eigenvalue weighted by Gasteiger charge is -2.55. The summed E-state index contributed by atoms with van der Waals surface area (Å²) in [5.74, 6) is -3.92. The molecule has 1 N–H and O–H groups in total. The van der Waals surface area contributed by atoms with E-state index in [0.29, 0.717) is 0 Å². The number of imide groups is 1. The van der Waals surface area contributed by atoms with Gasteiger partial charge in [0.2, 0.25) is 11.8 Å². The molecule has 7 heteroatoms. The minimum atomic E-state index is -1.20. The standard InChI is InChI=1S/C23H19Br2NO4/c1-11(2)18(21(29)30)26-19(27)16-17(20(26)28)23(25)13-8-4-3-7-12(13)22(16,24)14-9-5-6-10-15(14)23/h3-11,16-18H,1-2H3,(H,29,30)/t16-,17-,18-,22?,23?/m0/s1. The number of likely N-dealkylation sites (tertiary alicyclic amines) is 1. The van der Waals surface area contributed by atoms with Crippen LogP contribution in [0.2, 0.25) is 0 Å². The smallest absolute Gasteiger partial charge is 0.327 e. The fourth-order valence-corrected chi connectivity index (χ4v) is 7.96. The Morgan fingerprint density at radius 3 is 1.47 bits per heavy atom. The van der Waals surface area contributed by atoms with Crippen molar-refractivity contribution in [2.45, 2.75) is 28.5 Å². The monoisotopic (exact) mass is 531 g/mol. The summed E-state index contributed by atoms with van der Waals surface area (Å²) in [6.45, 7) is 3.43. The number of carbonyl (C=O) groups excluding carboxylic acids is 2. The molecular formula is C23H19Br2NO4. The van der Waals surface area contributed by atoms with Gasteiger partial charge in [0.05, 0.1) is 20.5 Å². The molecule has 1 saturated heterocycles. The van der Waals surface area contributed by atoms with Gasteiger partial charge in [0.25, 0.3) is 0 Å². The molecule has 2 aromatic rings. The number of carbonyl (C=O) groups is 3. The first-order chi connectivity index (χ1) is 14.2. The molecule has 5 nitrogen and oxygen atoms in total. The molecule has 2 amide bonds. The maximum absolute atomic E-state index is 13.7. The summed E-state index contributed by atoms with van der Waals surface area (Å²) in [7, 11) is 0. The van der Waals surface area contributed by atoms with E-state index in [1.807, 2.05) is 48.5 Å². The molecule has 6 rings (SSSR count). The van der Waals surface area contributed by atoms with E-state index >= 15 is 0 Å². The van der Waals surface area contributed by atoms with Gasteiger partial charge >= 0.3 is 5.97 Å². The Kier molecular flexibility index (Phi) is 4.16. The second-order valence-corrected chi connectivity index (χ2v) is 11.0. The molecule has 2 bridgehead atoms. The van der Waals surface area contributed by atoms with Crippen LogP contribution in [0.4, 0.5) is 0 Å². The summed E-state index contributed by atoms with van der Waals surface area (Å²) >= 11 is 7.82. The molecule has 0 unspecified atom stereocenters. The molecule has 4 aliphatic rings. The van der Waals surface area contributed by atoms with E-state index in [2.05, 4.69) is 31.9 Å².